The third-order valence-corrected chi connectivity index (χ3v) is 3.27. The molecule has 0 saturated carbocycles. The molecule has 0 spiro atoms. The molecule has 2 unspecified atom stereocenters. The van der Waals surface area contributed by atoms with Crippen molar-refractivity contribution < 1.29 is 4.74 Å². The van der Waals surface area contributed by atoms with Crippen LogP contribution >= 0.6 is 39.1 Å². The highest BCUT2D eigenvalue weighted by Gasteiger charge is 2.13. The molecule has 0 amide bonds. The van der Waals surface area contributed by atoms with Crippen molar-refractivity contribution in [1.82, 2.24) is 0 Å². The molecule has 0 aromatic heterocycles. The molecule has 1 aliphatic heterocycles. The lowest BCUT2D eigenvalue weighted by Crippen LogP contribution is -2.08. The summed E-state index contributed by atoms with van der Waals surface area (Å²) in [5.74, 6) is 0. The number of aliphatic imine (C=N–C) groups is 1. The van der Waals surface area contributed by atoms with E-state index in [4.69, 9.17) is 27.9 Å². The van der Waals surface area contributed by atoms with E-state index in [1.165, 1.54) is 0 Å². The Hall–Kier alpha value is -0.350. The zero-order valence-electron chi connectivity index (χ0n) is 8.11. The van der Waals surface area contributed by atoms with Gasteiger partial charge in [0.25, 0.3) is 0 Å². The van der Waals surface area contributed by atoms with Gasteiger partial charge in [0, 0.05) is 6.21 Å². The largest absolute Gasteiger partial charge is 0.350 e. The van der Waals surface area contributed by atoms with Gasteiger partial charge in [0.05, 0.1) is 15.7 Å². The van der Waals surface area contributed by atoms with Crippen molar-refractivity contribution in [3.8, 4) is 0 Å². The van der Waals surface area contributed by atoms with Gasteiger partial charge in [0.2, 0.25) is 0 Å². The second-order valence-electron chi connectivity index (χ2n) is 3.21. The first-order chi connectivity index (χ1) is 7.65. The summed E-state index contributed by atoms with van der Waals surface area (Å²) in [7, 11) is 0. The standard InChI is InChI=1S/C11H8BrCl2NO/c12-11-4-2-8(16-11)6-15-7-1-3-9(13)10(14)5-7/h1-6,8,11H. The highest BCUT2D eigenvalue weighted by Crippen LogP contribution is 2.26. The molecule has 2 atom stereocenters. The second kappa shape index (κ2) is 5.32. The van der Waals surface area contributed by atoms with Crippen molar-refractivity contribution in [3.63, 3.8) is 0 Å². The maximum atomic E-state index is 5.87. The first-order valence-corrected chi connectivity index (χ1v) is 6.29. The van der Waals surface area contributed by atoms with Crippen molar-refractivity contribution >= 4 is 51.0 Å². The number of hydrogen-bond donors (Lipinski definition) is 0. The lowest BCUT2D eigenvalue weighted by atomic mass is 10.3. The van der Waals surface area contributed by atoms with Gasteiger partial charge in [-0.15, -0.1) is 0 Å². The number of halogens is 3. The minimum absolute atomic E-state index is 0.0299. The van der Waals surface area contributed by atoms with Crippen LogP contribution in [0.4, 0.5) is 5.69 Å². The van der Waals surface area contributed by atoms with E-state index in [0.29, 0.717) is 10.0 Å². The lowest BCUT2D eigenvalue weighted by molar-refractivity contribution is 0.159. The molecule has 0 aliphatic carbocycles. The summed E-state index contributed by atoms with van der Waals surface area (Å²) in [6, 6.07) is 5.23. The normalized spacial score (nSPS) is 24.4. The van der Waals surface area contributed by atoms with Gasteiger partial charge in [-0.3, -0.25) is 4.99 Å². The van der Waals surface area contributed by atoms with Gasteiger partial charge in [-0.05, 0) is 24.3 Å². The molecule has 16 heavy (non-hydrogen) atoms. The predicted octanol–water partition coefficient (Wildman–Crippen LogP) is 4.37. The van der Waals surface area contributed by atoms with Crippen LogP contribution in [0.15, 0.2) is 35.3 Å². The molecule has 0 saturated heterocycles. The summed E-state index contributed by atoms with van der Waals surface area (Å²) in [6.07, 6.45) is 5.47. The maximum absolute atomic E-state index is 5.87. The van der Waals surface area contributed by atoms with E-state index in [1.807, 2.05) is 12.2 Å². The van der Waals surface area contributed by atoms with E-state index in [0.717, 1.165) is 5.69 Å². The summed E-state index contributed by atoms with van der Waals surface area (Å²) in [6.45, 7) is 0. The van der Waals surface area contributed by atoms with Crippen molar-refractivity contribution in [2.24, 2.45) is 4.99 Å². The molecule has 0 bridgehead atoms. The Labute approximate surface area is 112 Å². The van der Waals surface area contributed by atoms with E-state index in [9.17, 15) is 0 Å². The third-order valence-electron chi connectivity index (χ3n) is 2.01. The fourth-order valence-corrected chi connectivity index (χ4v) is 1.97. The second-order valence-corrected chi connectivity index (χ2v) is 4.93. The van der Waals surface area contributed by atoms with Gasteiger partial charge in [0.15, 0.2) is 0 Å². The molecule has 0 radical (unpaired) electrons. The molecule has 1 aliphatic rings. The first-order valence-electron chi connectivity index (χ1n) is 4.62. The van der Waals surface area contributed by atoms with Gasteiger partial charge in [-0.1, -0.05) is 45.2 Å². The first kappa shape index (κ1) is 12.1. The van der Waals surface area contributed by atoms with Gasteiger partial charge in [-0.2, -0.15) is 0 Å². The number of ether oxygens (including phenoxy) is 1. The summed E-state index contributed by atoms with van der Waals surface area (Å²) in [4.78, 5) is 4.26. The third kappa shape index (κ3) is 3.08. The van der Waals surface area contributed by atoms with Crippen molar-refractivity contribution in [2.75, 3.05) is 0 Å². The number of nitrogens with zero attached hydrogens (tertiary/aromatic N) is 1. The quantitative estimate of drug-likeness (QED) is 0.450. The number of alkyl halides is 1. The molecule has 1 heterocycles. The Bertz CT molecular complexity index is 448. The average Bonchev–Trinajstić information content (AvgIpc) is 2.66. The summed E-state index contributed by atoms with van der Waals surface area (Å²) in [5.41, 5.74) is 0.754. The van der Waals surface area contributed by atoms with Gasteiger partial charge >= 0.3 is 0 Å². The van der Waals surface area contributed by atoms with E-state index in [-0.39, 0.29) is 11.1 Å². The van der Waals surface area contributed by atoms with Crippen LogP contribution in [0, 0.1) is 0 Å². The Morgan fingerprint density at radius 3 is 2.69 bits per heavy atom. The highest BCUT2D eigenvalue weighted by atomic mass is 79.9. The van der Waals surface area contributed by atoms with Crippen molar-refractivity contribution in [2.45, 2.75) is 11.1 Å². The molecule has 1 aromatic carbocycles. The summed E-state index contributed by atoms with van der Waals surface area (Å²) < 4.78 is 5.43. The zero-order chi connectivity index (χ0) is 11.5. The maximum Gasteiger partial charge on any atom is 0.132 e. The SMILES string of the molecule is Clc1ccc(N=CC2C=CC(Br)O2)cc1Cl. The molecule has 0 fully saturated rings. The van der Waals surface area contributed by atoms with Crippen LogP contribution in [0.25, 0.3) is 0 Å². The van der Waals surface area contributed by atoms with Crippen LogP contribution in [0.2, 0.25) is 10.0 Å². The van der Waals surface area contributed by atoms with Gasteiger partial charge in [0.1, 0.15) is 11.1 Å². The Morgan fingerprint density at radius 1 is 1.25 bits per heavy atom. The molecule has 2 nitrogen and oxygen atoms in total. The number of hydrogen-bond acceptors (Lipinski definition) is 2. The van der Waals surface area contributed by atoms with Crippen LogP contribution in [0.5, 0.6) is 0 Å². The minimum atomic E-state index is -0.0983. The van der Waals surface area contributed by atoms with Crippen LogP contribution < -0.4 is 0 Å². The topological polar surface area (TPSA) is 21.6 Å². The highest BCUT2D eigenvalue weighted by molar-refractivity contribution is 9.09. The molecule has 84 valence electrons. The molecule has 5 heteroatoms. The van der Waals surface area contributed by atoms with Crippen molar-refractivity contribution in [1.29, 1.82) is 0 Å². The number of benzene rings is 1. The molecular weight excluding hydrogens is 313 g/mol. The monoisotopic (exact) mass is 319 g/mol. The van der Waals surface area contributed by atoms with E-state index in [2.05, 4.69) is 20.9 Å². The lowest BCUT2D eigenvalue weighted by Gasteiger charge is -2.04. The summed E-state index contributed by atoms with van der Waals surface area (Å²) >= 11 is 15.0. The predicted molar refractivity (Wildman–Crippen MR) is 71.3 cm³/mol. The zero-order valence-corrected chi connectivity index (χ0v) is 11.2. The summed E-state index contributed by atoms with van der Waals surface area (Å²) in [5, 5.41) is 0.994. The van der Waals surface area contributed by atoms with Gasteiger partial charge < -0.3 is 4.74 Å². The van der Waals surface area contributed by atoms with Gasteiger partial charge in [-0.25, -0.2) is 0 Å². The Morgan fingerprint density at radius 2 is 2.06 bits per heavy atom. The van der Waals surface area contributed by atoms with Crippen LogP contribution in [-0.2, 0) is 4.74 Å². The molecule has 0 N–H and O–H groups in total. The molecule has 1 aromatic rings. The fraction of sp³-hybridized carbons (Fsp3) is 0.182. The number of rotatable bonds is 2. The fourth-order valence-electron chi connectivity index (χ4n) is 1.25. The van der Waals surface area contributed by atoms with E-state index in [1.54, 1.807) is 24.4 Å². The van der Waals surface area contributed by atoms with Crippen LogP contribution in [0.3, 0.4) is 0 Å². The Balaban J connectivity index is 2.06. The Kier molecular flexibility index (Phi) is 4.03. The molecular formula is C11H8BrCl2NO. The van der Waals surface area contributed by atoms with E-state index >= 15 is 0 Å². The van der Waals surface area contributed by atoms with Crippen LogP contribution in [0.1, 0.15) is 0 Å². The minimum Gasteiger partial charge on any atom is -0.350 e. The smallest absolute Gasteiger partial charge is 0.132 e. The average molecular weight is 321 g/mol. The van der Waals surface area contributed by atoms with Crippen LogP contribution in [-0.4, -0.2) is 17.3 Å². The van der Waals surface area contributed by atoms with E-state index < -0.39 is 0 Å². The molecule has 2 rings (SSSR count). The van der Waals surface area contributed by atoms with Crippen molar-refractivity contribution in [3.05, 3.63) is 40.4 Å².